The highest BCUT2D eigenvalue weighted by molar-refractivity contribution is 5.95. The molecule has 116 valence electrons. The molecule has 20 heavy (non-hydrogen) atoms. The van der Waals surface area contributed by atoms with E-state index in [1.807, 2.05) is 34.6 Å². The van der Waals surface area contributed by atoms with Gasteiger partial charge in [-0.05, 0) is 32.1 Å². The fraction of sp³-hybridized carbons (Fsp3) is 0.867. The van der Waals surface area contributed by atoms with Crippen molar-refractivity contribution >= 4 is 11.8 Å². The molecule has 1 atom stereocenters. The van der Waals surface area contributed by atoms with E-state index >= 15 is 0 Å². The van der Waals surface area contributed by atoms with Gasteiger partial charge < -0.3 is 15.0 Å². The van der Waals surface area contributed by atoms with Crippen LogP contribution in [0.4, 0.5) is 0 Å². The molecule has 1 saturated heterocycles. The maximum absolute atomic E-state index is 12.4. The van der Waals surface area contributed by atoms with Crippen molar-refractivity contribution in [1.29, 1.82) is 0 Å². The van der Waals surface area contributed by atoms with Crippen molar-refractivity contribution in [3.05, 3.63) is 0 Å². The molecule has 0 spiro atoms. The van der Waals surface area contributed by atoms with Gasteiger partial charge in [-0.15, -0.1) is 0 Å². The fourth-order valence-corrected chi connectivity index (χ4v) is 2.20. The molecule has 1 heterocycles. The first-order chi connectivity index (χ1) is 9.21. The first-order valence-electron chi connectivity index (χ1n) is 7.41. The van der Waals surface area contributed by atoms with Crippen molar-refractivity contribution < 1.29 is 14.3 Å². The lowest BCUT2D eigenvalue weighted by molar-refractivity contribution is -0.147. The van der Waals surface area contributed by atoms with Crippen LogP contribution in [0.3, 0.4) is 0 Å². The van der Waals surface area contributed by atoms with Crippen molar-refractivity contribution in [3.63, 3.8) is 0 Å². The molecule has 0 aromatic rings. The largest absolute Gasteiger partial charge is 0.379 e. The maximum Gasteiger partial charge on any atom is 0.246 e. The number of ether oxygens (including phenoxy) is 1. The molecular weight excluding hydrogens is 256 g/mol. The van der Waals surface area contributed by atoms with Crippen LogP contribution >= 0.6 is 0 Å². The van der Waals surface area contributed by atoms with Gasteiger partial charge >= 0.3 is 0 Å². The van der Waals surface area contributed by atoms with Crippen LogP contribution in [0.5, 0.6) is 0 Å². The molecule has 5 heteroatoms. The summed E-state index contributed by atoms with van der Waals surface area (Å²) < 4.78 is 5.47. The van der Waals surface area contributed by atoms with Crippen LogP contribution in [0.25, 0.3) is 0 Å². The molecule has 0 aromatic carbocycles. The molecule has 2 amide bonds. The molecular formula is C15H28N2O3. The quantitative estimate of drug-likeness (QED) is 0.753. The predicted molar refractivity (Wildman–Crippen MR) is 78.3 cm³/mol. The Kier molecular flexibility index (Phi) is 5.99. The van der Waals surface area contributed by atoms with Crippen molar-refractivity contribution in [2.45, 2.75) is 59.6 Å². The van der Waals surface area contributed by atoms with E-state index in [-0.39, 0.29) is 29.9 Å². The lowest BCUT2D eigenvalue weighted by Gasteiger charge is -2.38. The van der Waals surface area contributed by atoms with E-state index in [4.69, 9.17) is 4.74 Å². The number of carbonyl (C=O) groups is 2. The van der Waals surface area contributed by atoms with Crippen molar-refractivity contribution in [1.82, 2.24) is 10.2 Å². The second-order valence-electron chi connectivity index (χ2n) is 6.75. The normalized spacial score (nSPS) is 20.5. The number of nitrogens with one attached hydrogen (secondary N) is 1. The monoisotopic (exact) mass is 284 g/mol. The summed E-state index contributed by atoms with van der Waals surface area (Å²) in [5.41, 5.74) is -0.258. The first kappa shape index (κ1) is 17.0. The Labute approximate surface area is 122 Å². The van der Waals surface area contributed by atoms with Gasteiger partial charge in [-0.2, -0.15) is 0 Å². The molecule has 1 unspecified atom stereocenters. The number of amides is 2. The average molecular weight is 284 g/mol. The number of hydrogen-bond donors (Lipinski definition) is 1. The van der Waals surface area contributed by atoms with Gasteiger partial charge in [-0.1, -0.05) is 20.8 Å². The Morgan fingerprint density at radius 2 is 1.95 bits per heavy atom. The van der Waals surface area contributed by atoms with Crippen LogP contribution < -0.4 is 5.32 Å². The average Bonchev–Trinajstić information content (AvgIpc) is 2.30. The molecule has 1 N–H and O–H groups in total. The molecule has 0 bridgehead atoms. The number of piperazine rings is 1. The Morgan fingerprint density at radius 3 is 2.50 bits per heavy atom. The maximum atomic E-state index is 12.4. The van der Waals surface area contributed by atoms with Gasteiger partial charge in [0.1, 0.15) is 6.04 Å². The van der Waals surface area contributed by atoms with Gasteiger partial charge in [0.05, 0.1) is 12.6 Å². The standard InChI is InChI=1S/C15H28N2O3/c1-11(2)20-9-7-6-8-17-10-12(18)16-13(14(17)19)15(3,4)5/h11,13H,6-10H2,1-5H3,(H,16,18). The third kappa shape index (κ3) is 5.12. The second-order valence-corrected chi connectivity index (χ2v) is 6.75. The zero-order valence-electron chi connectivity index (χ0n) is 13.4. The van der Waals surface area contributed by atoms with Crippen LogP contribution in [0.1, 0.15) is 47.5 Å². The number of nitrogens with zero attached hydrogens (tertiary/aromatic N) is 1. The van der Waals surface area contributed by atoms with E-state index in [0.717, 1.165) is 12.8 Å². The number of hydrogen-bond acceptors (Lipinski definition) is 3. The van der Waals surface area contributed by atoms with E-state index in [2.05, 4.69) is 5.32 Å². The predicted octanol–water partition coefficient (Wildman–Crippen LogP) is 1.56. The molecule has 0 aliphatic carbocycles. The van der Waals surface area contributed by atoms with E-state index < -0.39 is 6.04 Å². The molecule has 1 rings (SSSR count). The van der Waals surface area contributed by atoms with E-state index in [0.29, 0.717) is 13.2 Å². The molecule has 1 aliphatic heterocycles. The molecule has 0 radical (unpaired) electrons. The van der Waals surface area contributed by atoms with Gasteiger partial charge in [0.15, 0.2) is 0 Å². The molecule has 1 aliphatic rings. The Morgan fingerprint density at radius 1 is 1.30 bits per heavy atom. The number of carbonyl (C=O) groups excluding carboxylic acids is 2. The van der Waals surface area contributed by atoms with Crippen LogP contribution in [0.15, 0.2) is 0 Å². The number of rotatable bonds is 6. The minimum Gasteiger partial charge on any atom is -0.379 e. The van der Waals surface area contributed by atoms with E-state index in [1.54, 1.807) is 4.90 Å². The fourth-order valence-electron chi connectivity index (χ4n) is 2.20. The molecule has 0 aromatic heterocycles. The smallest absolute Gasteiger partial charge is 0.246 e. The van der Waals surface area contributed by atoms with E-state index in [1.165, 1.54) is 0 Å². The molecule has 1 fully saturated rings. The summed E-state index contributed by atoms with van der Waals surface area (Å²) in [6, 6.07) is -0.421. The van der Waals surface area contributed by atoms with Gasteiger partial charge in [0, 0.05) is 13.2 Å². The summed E-state index contributed by atoms with van der Waals surface area (Å²) in [4.78, 5) is 25.8. The minimum absolute atomic E-state index is 0.0295. The lowest BCUT2D eigenvalue weighted by atomic mass is 9.84. The highest BCUT2D eigenvalue weighted by Gasteiger charge is 2.39. The van der Waals surface area contributed by atoms with Crippen LogP contribution in [-0.2, 0) is 14.3 Å². The van der Waals surface area contributed by atoms with Crippen molar-refractivity contribution in [3.8, 4) is 0 Å². The van der Waals surface area contributed by atoms with Crippen molar-refractivity contribution in [2.75, 3.05) is 19.7 Å². The number of unbranched alkanes of at least 4 members (excludes halogenated alkanes) is 1. The van der Waals surface area contributed by atoms with Gasteiger partial charge in [0.25, 0.3) is 0 Å². The summed E-state index contributed by atoms with van der Waals surface area (Å²) in [7, 11) is 0. The van der Waals surface area contributed by atoms with Gasteiger partial charge in [-0.3, -0.25) is 9.59 Å². The van der Waals surface area contributed by atoms with Gasteiger partial charge in [0.2, 0.25) is 11.8 Å². The summed E-state index contributed by atoms with van der Waals surface area (Å²) in [5.74, 6) is -0.0372. The molecule has 5 nitrogen and oxygen atoms in total. The summed E-state index contributed by atoms with van der Waals surface area (Å²) in [6.45, 7) is 11.4. The Bertz CT molecular complexity index is 348. The third-order valence-corrected chi connectivity index (χ3v) is 3.34. The molecule has 0 saturated carbocycles. The van der Waals surface area contributed by atoms with Crippen LogP contribution in [0.2, 0.25) is 0 Å². The van der Waals surface area contributed by atoms with Crippen LogP contribution in [0, 0.1) is 5.41 Å². The zero-order valence-corrected chi connectivity index (χ0v) is 13.4. The minimum atomic E-state index is -0.421. The summed E-state index contributed by atoms with van der Waals surface area (Å²) in [5, 5.41) is 2.80. The first-order valence-corrected chi connectivity index (χ1v) is 7.41. The van der Waals surface area contributed by atoms with E-state index in [9.17, 15) is 9.59 Å². The van der Waals surface area contributed by atoms with Crippen molar-refractivity contribution in [2.24, 2.45) is 5.41 Å². The summed E-state index contributed by atoms with van der Waals surface area (Å²) >= 11 is 0. The topological polar surface area (TPSA) is 58.6 Å². The third-order valence-electron chi connectivity index (χ3n) is 3.34. The summed E-state index contributed by atoms with van der Waals surface area (Å²) in [6.07, 6.45) is 2.01. The van der Waals surface area contributed by atoms with Crippen LogP contribution in [-0.4, -0.2) is 48.6 Å². The zero-order chi connectivity index (χ0) is 15.3. The Balaban J connectivity index is 2.44. The lowest BCUT2D eigenvalue weighted by Crippen LogP contribution is -2.62. The highest BCUT2D eigenvalue weighted by atomic mass is 16.5. The SMILES string of the molecule is CC(C)OCCCCN1CC(=O)NC(C(C)(C)C)C1=O. The highest BCUT2D eigenvalue weighted by Crippen LogP contribution is 2.23. The second kappa shape index (κ2) is 7.07. The van der Waals surface area contributed by atoms with Gasteiger partial charge in [-0.25, -0.2) is 0 Å². The Hall–Kier alpha value is -1.10.